The molecule has 0 fully saturated rings. The van der Waals surface area contributed by atoms with Gasteiger partial charge < -0.3 is 10.6 Å². The highest BCUT2D eigenvalue weighted by Crippen LogP contribution is 2.16. The minimum Gasteiger partial charge on any atom is -0.357 e. The average Bonchev–Trinajstić information content (AvgIpc) is 3.00. The number of thiophene rings is 1. The summed E-state index contributed by atoms with van der Waals surface area (Å²) in [5.74, 6) is 0.809. The lowest BCUT2D eigenvalue weighted by Crippen LogP contribution is -2.36. The zero-order valence-corrected chi connectivity index (χ0v) is 17.2. The lowest BCUT2D eigenvalue weighted by Gasteiger charge is -2.10. The van der Waals surface area contributed by atoms with Crippen LogP contribution in [0.1, 0.15) is 29.2 Å². The number of hydrogen-bond donors (Lipinski definition) is 2. The van der Waals surface area contributed by atoms with Gasteiger partial charge in [0, 0.05) is 22.5 Å². The highest BCUT2D eigenvalue weighted by molar-refractivity contribution is 14.0. The van der Waals surface area contributed by atoms with Gasteiger partial charge in [0.15, 0.2) is 5.96 Å². The summed E-state index contributed by atoms with van der Waals surface area (Å²) in [5, 5.41) is 7.11. The molecular weight excluding hydrogens is 443 g/mol. The second kappa shape index (κ2) is 10.8. The van der Waals surface area contributed by atoms with Gasteiger partial charge in [-0.3, -0.25) is 0 Å². The van der Waals surface area contributed by atoms with Crippen LogP contribution in [-0.4, -0.2) is 17.5 Å². The molecule has 0 unspecified atom stereocenters. The summed E-state index contributed by atoms with van der Waals surface area (Å²) < 4.78 is 0. The predicted molar refractivity (Wildman–Crippen MR) is 110 cm³/mol. The molecule has 0 saturated heterocycles. The van der Waals surface area contributed by atoms with Gasteiger partial charge >= 0.3 is 0 Å². The fourth-order valence-electron chi connectivity index (χ4n) is 1.89. The number of rotatable bonds is 6. The van der Waals surface area contributed by atoms with Crippen molar-refractivity contribution in [3.8, 4) is 0 Å². The van der Waals surface area contributed by atoms with Crippen LogP contribution in [0.5, 0.6) is 0 Å². The van der Waals surface area contributed by atoms with E-state index >= 15 is 0 Å². The van der Waals surface area contributed by atoms with Crippen LogP contribution in [0.3, 0.4) is 0 Å². The molecule has 0 atom stereocenters. The first-order chi connectivity index (χ1) is 10.7. The Morgan fingerprint density at radius 1 is 1.17 bits per heavy atom. The Balaban J connectivity index is 0.00000264. The smallest absolute Gasteiger partial charge is 0.191 e. The molecule has 2 N–H and O–H groups in total. The van der Waals surface area contributed by atoms with Gasteiger partial charge in [0.25, 0.3) is 0 Å². The molecule has 2 aromatic heterocycles. The number of guanidine groups is 1. The van der Waals surface area contributed by atoms with Crippen LogP contribution >= 0.6 is 46.9 Å². The predicted octanol–water partition coefficient (Wildman–Crippen LogP) is 4.23. The van der Waals surface area contributed by atoms with Crippen LogP contribution in [0.15, 0.2) is 35.5 Å². The summed E-state index contributed by atoms with van der Waals surface area (Å²) in [4.78, 5) is 11.4. The summed E-state index contributed by atoms with van der Waals surface area (Å²) in [6.07, 6.45) is 2.84. The van der Waals surface area contributed by atoms with Crippen LogP contribution < -0.4 is 10.6 Å². The molecular formula is C16H22ClIN4S. The van der Waals surface area contributed by atoms with Gasteiger partial charge in [-0.1, -0.05) is 24.6 Å². The van der Waals surface area contributed by atoms with E-state index in [4.69, 9.17) is 11.6 Å². The van der Waals surface area contributed by atoms with Crippen molar-refractivity contribution in [2.75, 3.05) is 6.54 Å². The standard InChI is InChI=1S/C16H21ClN4S.HI/c1-3-13-6-7-14(22-13)11-21-16(18-4-2)20-10-12-5-8-15(17)19-9-12;/h5-9H,3-4,10-11H2,1-2H3,(H2,18,20,21);1H. The Kier molecular flexibility index (Phi) is 9.50. The highest BCUT2D eigenvalue weighted by atomic mass is 127. The molecule has 0 amide bonds. The van der Waals surface area contributed by atoms with Gasteiger partial charge in [-0.15, -0.1) is 35.3 Å². The van der Waals surface area contributed by atoms with Crippen molar-refractivity contribution in [3.63, 3.8) is 0 Å². The average molecular weight is 465 g/mol. The minimum atomic E-state index is 0. The number of nitrogens with one attached hydrogen (secondary N) is 2. The van der Waals surface area contributed by atoms with Crippen molar-refractivity contribution < 1.29 is 0 Å². The van der Waals surface area contributed by atoms with E-state index in [1.165, 1.54) is 9.75 Å². The molecule has 2 rings (SSSR count). The Morgan fingerprint density at radius 2 is 1.96 bits per heavy atom. The van der Waals surface area contributed by atoms with Crippen LogP contribution in [0.25, 0.3) is 0 Å². The number of aryl methyl sites for hydroxylation is 1. The van der Waals surface area contributed by atoms with Gasteiger partial charge in [0.05, 0.1) is 13.1 Å². The van der Waals surface area contributed by atoms with Gasteiger partial charge in [0.2, 0.25) is 0 Å². The molecule has 126 valence electrons. The van der Waals surface area contributed by atoms with E-state index in [-0.39, 0.29) is 24.0 Å². The van der Waals surface area contributed by atoms with Gasteiger partial charge in [0.1, 0.15) is 5.15 Å². The molecule has 23 heavy (non-hydrogen) atoms. The van der Waals surface area contributed by atoms with E-state index in [9.17, 15) is 0 Å². The number of pyridine rings is 1. The maximum absolute atomic E-state index is 5.79. The minimum absolute atomic E-state index is 0. The lowest BCUT2D eigenvalue weighted by atomic mass is 10.3. The van der Waals surface area contributed by atoms with E-state index in [1.54, 1.807) is 12.3 Å². The normalized spacial score (nSPS) is 11.0. The monoisotopic (exact) mass is 464 g/mol. The molecule has 0 spiro atoms. The maximum Gasteiger partial charge on any atom is 0.191 e. The molecule has 0 saturated carbocycles. The summed E-state index contributed by atoms with van der Waals surface area (Å²) in [6.45, 7) is 6.42. The van der Waals surface area contributed by atoms with E-state index in [1.807, 2.05) is 17.4 Å². The summed E-state index contributed by atoms with van der Waals surface area (Å²) in [7, 11) is 0. The van der Waals surface area contributed by atoms with Crippen LogP contribution in [0, 0.1) is 0 Å². The lowest BCUT2D eigenvalue weighted by molar-refractivity contribution is 0.823. The van der Waals surface area contributed by atoms with Crippen LogP contribution in [0.4, 0.5) is 0 Å². The van der Waals surface area contributed by atoms with Gasteiger partial charge in [-0.2, -0.15) is 0 Å². The molecule has 4 nitrogen and oxygen atoms in total. The zero-order chi connectivity index (χ0) is 15.8. The molecule has 2 aromatic rings. The third-order valence-electron chi connectivity index (χ3n) is 3.05. The third-order valence-corrected chi connectivity index (χ3v) is 4.50. The molecule has 0 aliphatic rings. The second-order valence-electron chi connectivity index (χ2n) is 4.76. The largest absolute Gasteiger partial charge is 0.357 e. The first kappa shape index (κ1) is 20.2. The van der Waals surface area contributed by atoms with E-state index in [0.717, 1.165) is 31.0 Å². The Morgan fingerprint density at radius 3 is 2.57 bits per heavy atom. The van der Waals surface area contributed by atoms with E-state index in [0.29, 0.717) is 11.7 Å². The van der Waals surface area contributed by atoms with Crippen molar-refractivity contribution in [1.82, 2.24) is 15.6 Å². The van der Waals surface area contributed by atoms with Crippen LogP contribution in [0.2, 0.25) is 5.15 Å². The molecule has 0 aliphatic heterocycles. The van der Waals surface area contributed by atoms with Crippen LogP contribution in [-0.2, 0) is 19.5 Å². The fourth-order valence-corrected chi connectivity index (χ4v) is 2.90. The van der Waals surface area contributed by atoms with Gasteiger partial charge in [-0.05, 0) is 37.1 Å². The van der Waals surface area contributed by atoms with Crippen molar-refractivity contribution in [1.29, 1.82) is 0 Å². The quantitative estimate of drug-likeness (QED) is 0.291. The highest BCUT2D eigenvalue weighted by Gasteiger charge is 2.01. The van der Waals surface area contributed by atoms with E-state index in [2.05, 4.69) is 46.6 Å². The fraction of sp³-hybridized carbons (Fsp3) is 0.375. The molecule has 0 aliphatic carbocycles. The SMILES string of the molecule is CCNC(=NCc1ccc(Cl)nc1)NCc1ccc(CC)s1.I. The Labute approximate surface area is 163 Å². The van der Waals surface area contributed by atoms with Crippen molar-refractivity contribution in [3.05, 3.63) is 50.9 Å². The number of aromatic nitrogens is 1. The van der Waals surface area contributed by atoms with Crippen molar-refractivity contribution >= 4 is 52.9 Å². The maximum atomic E-state index is 5.79. The number of hydrogen-bond acceptors (Lipinski definition) is 3. The van der Waals surface area contributed by atoms with Crippen molar-refractivity contribution in [2.45, 2.75) is 33.4 Å². The first-order valence-corrected chi connectivity index (χ1v) is 8.61. The molecule has 2 heterocycles. The second-order valence-corrected chi connectivity index (χ2v) is 6.40. The third kappa shape index (κ3) is 7.05. The molecule has 0 aromatic carbocycles. The number of aliphatic imine (C=N–C) groups is 1. The van der Waals surface area contributed by atoms with Gasteiger partial charge in [-0.25, -0.2) is 9.98 Å². The number of halogens is 2. The number of nitrogens with zero attached hydrogens (tertiary/aromatic N) is 2. The Hall–Kier alpha value is -0.860. The Bertz CT molecular complexity index is 613. The summed E-state index contributed by atoms with van der Waals surface area (Å²) in [5.41, 5.74) is 1.03. The van der Waals surface area contributed by atoms with Crippen molar-refractivity contribution in [2.24, 2.45) is 4.99 Å². The first-order valence-electron chi connectivity index (χ1n) is 7.41. The topological polar surface area (TPSA) is 49.3 Å². The summed E-state index contributed by atoms with van der Waals surface area (Å²) >= 11 is 7.62. The summed E-state index contributed by atoms with van der Waals surface area (Å²) in [6, 6.07) is 8.08. The van der Waals surface area contributed by atoms with E-state index < -0.39 is 0 Å². The molecule has 7 heteroatoms. The zero-order valence-electron chi connectivity index (χ0n) is 13.3. The molecule has 0 radical (unpaired) electrons. The molecule has 0 bridgehead atoms.